The quantitative estimate of drug-likeness (QED) is 0.193. The van der Waals surface area contributed by atoms with Crippen LogP contribution in [-0.4, -0.2) is 36.9 Å². The van der Waals surface area contributed by atoms with Gasteiger partial charge in [-0.05, 0) is 57.2 Å². The molecule has 1 aliphatic rings. The molecule has 0 amide bonds. The van der Waals surface area contributed by atoms with Gasteiger partial charge in [0.15, 0.2) is 14.3 Å². The van der Waals surface area contributed by atoms with Gasteiger partial charge in [-0.25, -0.2) is 8.42 Å². The molecule has 0 aromatic heterocycles. The van der Waals surface area contributed by atoms with Crippen molar-refractivity contribution in [1.82, 2.24) is 4.72 Å². The van der Waals surface area contributed by atoms with E-state index in [0.29, 0.717) is 0 Å². The molecular weight excluding hydrogens is 707 g/mol. The maximum atomic E-state index is 13.7. The number of nitrogens with one attached hydrogen (secondary N) is 2. The molecule has 0 radical (unpaired) electrons. The molecule has 7 nitrogen and oxygen atoms in total. The molecule has 42 heavy (non-hydrogen) atoms. The summed E-state index contributed by atoms with van der Waals surface area (Å²) in [6.07, 6.45) is 0. The molecule has 2 N–H and O–H groups in total. The van der Waals surface area contributed by atoms with E-state index >= 15 is 0 Å². The third kappa shape index (κ3) is 6.05. The van der Waals surface area contributed by atoms with Crippen LogP contribution in [0.4, 0.5) is 5.69 Å². The first-order valence-electron chi connectivity index (χ1n) is 12.0. The third-order valence-corrected chi connectivity index (χ3v) is 12.6. The van der Waals surface area contributed by atoms with Crippen LogP contribution >= 0.6 is 69.6 Å². The van der Waals surface area contributed by atoms with Crippen LogP contribution in [0, 0.1) is 20.8 Å². The lowest BCUT2D eigenvalue weighted by Crippen LogP contribution is -2.73. The number of hydrogen-bond acceptors (Lipinski definition) is 5. The molecule has 0 saturated carbocycles. The molecule has 0 saturated heterocycles. The number of halogens is 6. The predicted molar refractivity (Wildman–Crippen MR) is 172 cm³/mol. The molecule has 224 valence electrons. The second-order valence-electron chi connectivity index (χ2n) is 9.66. The van der Waals surface area contributed by atoms with Crippen LogP contribution < -0.4 is 10.0 Å². The number of nitrogens with zero attached hydrogens (tertiary/aromatic N) is 1. The first-order valence-corrected chi connectivity index (χ1v) is 17.2. The molecule has 0 fully saturated rings. The highest BCUT2D eigenvalue weighted by atomic mass is 35.5. The molecule has 0 heterocycles. The molecule has 3 aromatic rings. The summed E-state index contributed by atoms with van der Waals surface area (Å²) in [4.78, 5) is -0.367. The molecule has 1 atom stereocenters. The SMILES string of the molecule is Cc1ccc(NC2(NS(=O)(=O)c3ccc(C)cc3)C(Cl)=C(Cl)C(=NS(=O)(=O)c3ccc(C)cc3)C(Cl)(Cl)C2(Cl)Cl)cc1. The molecule has 1 unspecified atom stereocenters. The Kier molecular flexibility index (Phi) is 9.34. The number of rotatable bonds is 7. The normalized spacial score (nSPS) is 21.4. The minimum atomic E-state index is -4.47. The maximum Gasteiger partial charge on any atom is 0.282 e. The first kappa shape index (κ1) is 33.4. The van der Waals surface area contributed by atoms with Crippen molar-refractivity contribution in [2.75, 3.05) is 5.32 Å². The van der Waals surface area contributed by atoms with E-state index in [1.807, 2.05) is 6.92 Å². The molecule has 0 bridgehead atoms. The van der Waals surface area contributed by atoms with E-state index in [1.54, 1.807) is 62.4 Å². The Hall–Kier alpha value is -1.53. The van der Waals surface area contributed by atoms with Crippen molar-refractivity contribution in [3.05, 3.63) is 99.6 Å². The van der Waals surface area contributed by atoms with Crippen molar-refractivity contribution in [3.63, 3.8) is 0 Å². The highest BCUT2D eigenvalue weighted by Gasteiger charge is 2.71. The Morgan fingerprint density at radius 3 is 1.57 bits per heavy atom. The summed E-state index contributed by atoms with van der Waals surface area (Å²) < 4.78 is 54.8. The van der Waals surface area contributed by atoms with E-state index in [1.165, 1.54) is 24.3 Å². The molecule has 4 rings (SSSR count). The van der Waals surface area contributed by atoms with Crippen LogP contribution in [0.2, 0.25) is 0 Å². The van der Waals surface area contributed by atoms with Gasteiger partial charge in [0.05, 0.1) is 19.9 Å². The Morgan fingerprint density at radius 2 is 1.10 bits per heavy atom. The summed E-state index contributed by atoms with van der Waals surface area (Å²) >= 11 is 40.7. The number of sulfonamides is 2. The van der Waals surface area contributed by atoms with Gasteiger partial charge < -0.3 is 5.32 Å². The Bertz CT molecular complexity index is 1790. The summed E-state index contributed by atoms with van der Waals surface area (Å²) in [5.74, 6) is 0. The predicted octanol–water partition coefficient (Wildman–Crippen LogP) is 7.58. The number of benzene rings is 3. The van der Waals surface area contributed by atoms with E-state index < -0.39 is 50.2 Å². The number of allylic oxidation sites excluding steroid dienone is 1. The van der Waals surface area contributed by atoms with E-state index in [-0.39, 0.29) is 15.5 Å². The maximum absolute atomic E-state index is 13.7. The van der Waals surface area contributed by atoms with Crippen LogP contribution in [0.1, 0.15) is 16.7 Å². The van der Waals surface area contributed by atoms with Gasteiger partial charge in [0.1, 0.15) is 5.71 Å². The standard InChI is InChI=1S/C27H23Cl6N3O4S2/c1-16-4-10-19(11-5-16)34-26(36-42(39,40)21-14-8-18(3)9-15-21)23(29)22(28)24(25(30,31)27(26,32)33)35-41(37,38)20-12-6-17(2)7-13-20/h4-15,34,36H,1-3H3. The summed E-state index contributed by atoms with van der Waals surface area (Å²) in [5.41, 5.74) is -0.376. The molecule has 15 heteroatoms. The lowest BCUT2D eigenvalue weighted by molar-refractivity contribution is 0.442. The topological polar surface area (TPSA) is 105 Å². The zero-order valence-corrected chi connectivity index (χ0v) is 28.3. The summed E-state index contributed by atoms with van der Waals surface area (Å²) in [6.45, 7) is 5.41. The van der Waals surface area contributed by atoms with E-state index in [0.717, 1.165) is 16.7 Å². The average molecular weight is 730 g/mol. The summed E-state index contributed by atoms with van der Waals surface area (Å²) in [6, 6.07) is 18.3. The number of hydrogen-bond donors (Lipinski definition) is 2. The lowest BCUT2D eigenvalue weighted by atomic mass is 9.91. The van der Waals surface area contributed by atoms with Crippen molar-refractivity contribution in [3.8, 4) is 0 Å². The van der Waals surface area contributed by atoms with Crippen LogP contribution in [0.5, 0.6) is 0 Å². The van der Waals surface area contributed by atoms with Crippen molar-refractivity contribution in [2.45, 2.75) is 44.9 Å². The van der Waals surface area contributed by atoms with Gasteiger partial charge in [-0.1, -0.05) is 123 Å². The second kappa shape index (κ2) is 11.8. The fourth-order valence-electron chi connectivity index (χ4n) is 4.01. The average Bonchev–Trinajstić information content (AvgIpc) is 2.91. The van der Waals surface area contributed by atoms with Gasteiger partial charge in [0.25, 0.3) is 10.0 Å². The summed E-state index contributed by atoms with van der Waals surface area (Å²) in [5, 5.41) is 1.74. The largest absolute Gasteiger partial charge is 0.359 e. The zero-order chi connectivity index (χ0) is 31.3. The third-order valence-electron chi connectivity index (χ3n) is 6.43. The molecule has 0 spiro atoms. The van der Waals surface area contributed by atoms with Crippen LogP contribution in [0.15, 0.2) is 97.0 Å². The van der Waals surface area contributed by atoms with Crippen LogP contribution in [-0.2, 0) is 20.0 Å². The van der Waals surface area contributed by atoms with Crippen LogP contribution in [0.3, 0.4) is 0 Å². The Balaban J connectivity index is 1.99. The molecule has 3 aromatic carbocycles. The Morgan fingerprint density at radius 1 is 0.667 bits per heavy atom. The highest BCUT2D eigenvalue weighted by molar-refractivity contribution is 7.90. The number of alkyl halides is 4. The van der Waals surface area contributed by atoms with Gasteiger partial charge in [0, 0.05) is 5.69 Å². The summed E-state index contributed by atoms with van der Waals surface area (Å²) in [7, 11) is -8.95. The molecule has 1 aliphatic carbocycles. The van der Waals surface area contributed by atoms with Gasteiger partial charge >= 0.3 is 0 Å². The monoisotopic (exact) mass is 727 g/mol. The van der Waals surface area contributed by atoms with Gasteiger partial charge in [-0.15, -0.1) is 0 Å². The minimum absolute atomic E-state index is 0.168. The zero-order valence-electron chi connectivity index (χ0n) is 22.1. The van der Waals surface area contributed by atoms with Crippen LogP contribution in [0.25, 0.3) is 0 Å². The fraction of sp³-hybridized carbons (Fsp3) is 0.222. The van der Waals surface area contributed by atoms with Gasteiger partial charge in [0.2, 0.25) is 10.0 Å². The van der Waals surface area contributed by atoms with Crippen molar-refractivity contribution >= 4 is 101 Å². The minimum Gasteiger partial charge on any atom is -0.359 e. The van der Waals surface area contributed by atoms with E-state index in [2.05, 4.69) is 14.4 Å². The highest BCUT2D eigenvalue weighted by Crippen LogP contribution is 2.59. The molecule has 0 aliphatic heterocycles. The Labute approximate surface area is 274 Å². The second-order valence-corrected chi connectivity index (χ2v) is 16.4. The van der Waals surface area contributed by atoms with Gasteiger partial charge in [-0.2, -0.15) is 17.5 Å². The number of anilines is 1. The smallest absolute Gasteiger partial charge is 0.282 e. The lowest BCUT2D eigenvalue weighted by Gasteiger charge is -2.51. The van der Waals surface area contributed by atoms with Gasteiger partial charge in [-0.3, -0.25) is 0 Å². The van der Waals surface area contributed by atoms with Crippen molar-refractivity contribution in [1.29, 1.82) is 0 Å². The molecular formula is C27H23Cl6N3O4S2. The van der Waals surface area contributed by atoms with Crippen molar-refractivity contribution < 1.29 is 16.8 Å². The number of aryl methyl sites for hydroxylation is 3. The van der Waals surface area contributed by atoms with Crippen molar-refractivity contribution in [2.24, 2.45) is 4.40 Å². The van der Waals surface area contributed by atoms with E-state index in [4.69, 9.17) is 69.6 Å². The first-order chi connectivity index (χ1) is 19.3. The van der Waals surface area contributed by atoms with E-state index in [9.17, 15) is 16.8 Å². The fourth-order valence-corrected chi connectivity index (χ4v) is 8.66.